The fourth-order valence-corrected chi connectivity index (χ4v) is 1.36. The van der Waals surface area contributed by atoms with Crippen molar-refractivity contribution in [2.75, 3.05) is 13.7 Å². The standard InChI is InChI=1S/C13H17NO5/c1-13(9-15,11(16)18-2)14-12(17)19-8-10-6-4-3-5-7-10/h3-7,15H,8-9H2,1-2H3,(H,14,17). The van der Waals surface area contributed by atoms with E-state index in [1.807, 2.05) is 18.2 Å². The van der Waals surface area contributed by atoms with Crippen LogP contribution in [0.25, 0.3) is 0 Å². The van der Waals surface area contributed by atoms with Gasteiger partial charge in [0, 0.05) is 0 Å². The zero-order valence-electron chi connectivity index (χ0n) is 10.9. The lowest BCUT2D eigenvalue weighted by atomic mass is 10.1. The average molecular weight is 267 g/mol. The maximum Gasteiger partial charge on any atom is 0.408 e. The van der Waals surface area contributed by atoms with Gasteiger partial charge in [-0.3, -0.25) is 0 Å². The number of hydrogen-bond acceptors (Lipinski definition) is 5. The highest BCUT2D eigenvalue weighted by molar-refractivity contribution is 5.85. The molecule has 0 aromatic heterocycles. The van der Waals surface area contributed by atoms with Gasteiger partial charge in [0.2, 0.25) is 0 Å². The molecule has 0 bridgehead atoms. The second-order valence-electron chi connectivity index (χ2n) is 4.17. The van der Waals surface area contributed by atoms with Crippen molar-refractivity contribution in [3.63, 3.8) is 0 Å². The fraction of sp³-hybridized carbons (Fsp3) is 0.385. The molecule has 0 radical (unpaired) electrons. The molecule has 19 heavy (non-hydrogen) atoms. The minimum absolute atomic E-state index is 0.0787. The van der Waals surface area contributed by atoms with E-state index in [4.69, 9.17) is 9.84 Å². The highest BCUT2D eigenvalue weighted by Gasteiger charge is 2.36. The van der Waals surface area contributed by atoms with Crippen molar-refractivity contribution in [2.45, 2.75) is 19.1 Å². The van der Waals surface area contributed by atoms with Crippen LogP contribution in [0.2, 0.25) is 0 Å². The van der Waals surface area contributed by atoms with Crippen molar-refractivity contribution in [1.29, 1.82) is 0 Å². The van der Waals surface area contributed by atoms with Crippen molar-refractivity contribution in [2.24, 2.45) is 0 Å². The molecule has 0 heterocycles. The maximum atomic E-state index is 11.6. The number of aliphatic hydroxyl groups excluding tert-OH is 1. The molecule has 2 N–H and O–H groups in total. The van der Waals surface area contributed by atoms with E-state index in [0.29, 0.717) is 0 Å². The van der Waals surface area contributed by atoms with Crippen LogP contribution in [0.15, 0.2) is 30.3 Å². The van der Waals surface area contributed by atoms with Crippen molar-refractivity contribution in [3.8, 4) is 0 Å². The molecule has 1 rings (SSSR count). The SMILES string of the molecule is COC(=O)C(C)(CO)NC(=O)OCc1ccccc1. The first-order valence-electron chi connectivity index (χ1n) is 5.70. The molecule has 1 atom stereocenters. The summed E-state index contributed by atoms with van der Waals surface area (Å²) in [5.41, 5.74) is -0.691. The van der Waals surface area contributed by atoms with E-state index < -0.39 is 24.2 Å². The topological polar surface area (TPSA) is 84.9 Å². The summed E-state index contributed by atoms with van der Waals surface area (Å²) in [6.07, 6.45) is -0.800. The smallest absolute Gasteiger partial charge is 0.408 e. The van der Waals surface area contributed by atoms with Crippen LogP contribution in [0.4, 0.5) is 4.79 Å². The van der Waals surface area contributed by atoms with Gasteiger partial charge >= 0.3 is 12.1 Å². The van der Waals surface area contributed by atoms with Gasteiger partial charge in [-0.25, -0.2) is 9.59 Å². The second-order valence-corrected chi connectivity index (χ2v) is 4.17. The van der Waals surface area contributed by atoms with Gasteiger partial charge in [0.1, 0.15) is 6.61 Å². The minimum atomic E-state index is -1.51. The van der Waals surface area contributed by atoms with E-state index in [-0.39, 0.29) is 6.61 Å². The number of nitrogens with one attached hydrogen (secondary N) is 1. The molecular formula is C13H17NO5. The molecule has 0 aliphatic heterocycles. The number of ether oxygens (including phenoxy) is 2. The summed E-state index contributed by atoms with van der Waals surface area (Å²) < 4.78 is 9.45. The van der Waals surface area contributed by atoms with Crippen LogP contribution in [-0.4, -0.2) is 36.4 Å². The van der Waals surface area contributed by atoms with Crippen LogP contribution >= 0.6 is 0 Å². The molecule has 6 heteroatoms. The molecular weight excluding hydrogens is 250 g/mol. The number of methoxy groups -OCH3 is 1. The van der Waals surface area contributed by atoms with Gasteiger partial charge in [0.15, 0.2) is 5.54 Å². The first kappa shape index (κ1) is 15.0. The van der Waals surface area contributed by atoms with Gasteiger partial charge in [0.05, 0.1) is 13.7 Å². The van der Waals surface area contributed by atoms with Gasteiger partial charge in [-0.2, -0.15) is 0 Å². The Labute approximate surface area is 111 Å². The lowest BCUT2D eigenvalue weighted by Gasteiger charge is -2.24. The highest BCUT2D eigenvalue weighted by Crippen LogP contribution is 2.07. The van der Waals surface area contributed by atoms with Crippen LogP contribution in [-0.2, 0) is 20.9 Å². The number of amides is 1. The van der Waals surface area contributed by atoms with E-state index >= 15 is 0 Å². The van der Waals surface area contributed by atoms with Crippen molar-refractivity contribution < 1.29 is 24.2 Å². The minimum Gasteiger partial charge on any atom is -0.467 e. The molecule has 0 fully saturated rings. The van der Waals surface area contributed by atoms with Gasteiger partial charge in [0.25, 0.3) is 0 Å². The Kier molecular flexibility index (Phi) is 5.32. The number of carbonyl (C=O) groups excluding carboxylic acids is 2. The van der Waals surface area contributed by atoms with E-state index in [9.17, 15) is 9.59 Å². The van der Waals surface area contributed by atoms with Crippen molar-refractivity contribution in [1.82, 2.24) is 5.32 Å². The fourth-order valence-electron chi connectivity index (χ4n) is 1.36. The first-order chi connectivity index (χ1) is 9.01. The lowest BCUT2D eigenvalue weighted by Crippen LogP contribution is -2.55. The van der Waals surface area contributed by atoms with Gasteiger partial charge in [-0.05, 0) is 12.5 Å². The van der Waals surface area contributed by atoms with Crippen LogP contribution in [0, 0.1) is 0 Å². The Balaban J connectivity index is 2.52. The van der Waals surface area contributed by atoms with Crippen LogP contribution < -0.4 is 5.32 Å². The summed E-state index contributed by atoms with van der Waals surface area (Å²) in [5.74, 6) is -0.744. The summed E-state index contributed by atoms with van der Waals surface area (Å²) in [5, 5.41) is 11.4. The van der Waals surface area contributed by atoms with Crippen LogP contribution in [0.1, 0.15) is 12.5 Å². The zero-order chi connectivity index (χ0) is 14.3. The molecule has 0 spiro atoms. The number of benzene rings is 1. The number of carbonyl (C=O) groups is 2. The normalized spacial score (nSPS) is 13.2. The number of rotatable bonds is 5. The quantitative estimate of drug-likeness (QED) is 0.772. The largest absolute Gasteiger partial charge is 0.467 e. The third kappa shape index (κ3) is 4.26. The predicted octanol–water partition coefficient (Wildman–Crippen LogP) is 0.837. The van der Waals surface area contributed by atoms with Crippen molar-refractivity contribution >= 4 is 12.1 Å². The Morgan fingerprint density at radius 1 is 1.32 bits per heavy atom. The summed E-state index contributed by atoms with van der Waals surface area (Å²) in [6.45, 7) is 0.845. The first-order valence-corrected chi connectivity index (χ1v) is 5.70. The molecule has 1 aromatic carbocycles. The van der Waals surface area contributed by atoms with Crippen LogP contribution in [0.5, 0.6) is 0 Å². The van der Waals surface area contributed by atoms with Crippen molar-refractivity contribution in [3.05, 3.63) is 35.9 Å². The van der Waals surface area contributed by atoms with E-state index in [1.54, 1.807) is 12.1 Å². The van der Waals surface area contributed by atoms with Gasteiger partial charge in [-0.15, -0.1) is 0 Å². The molecule has 6 nitrogen and oxygen atoms in total. The summed E-state index contributed by atoms with van der Waals surface area (Å²) in [6, 6.07) is 9.10. The Morgan fingerprint density at radius 2 is 1.95 bits per heavy atom. The molecule has 104 valence electrons. The molecule has 1 amide bonds. The molecule has 1 aromatic rings. The molecule has 0 aliphatic rings. The Hall–Kier alpha value is -2.08. The predicted molar refractivity (Wildman–Crippen MR) is 67.3 cm³/mol. The zero-order valence-corrected chi connectivity index (χ0v) is 10.9. The van der Waals surface area contributed by atoms with Gasteiger partial charge in [-0.1, -0.05) is 30.3 Å². The monoisotopic (exact) mass is 267 g/mol. The molecule has 0 aliphatic carbocycles. The summed E-state index contributed by atoms with van der Waals surface area (Å²) in [7, 11) is 1.17. The van der Waals surface area contributed by atoms with Crippen LogP contribution in [0.3, 0.4) is 0 Å². The highest BCUT2D eigenvalue weighted by atomic mass is 16.6. The van der Waals surface area contributed by atoms with E-state index in [1.165, 1.54) is 14.0 Å². The number of aliphatic hydroxyl groups is 1. The summed E-state index contributed by atoms with van der Waals surface area (Å²) in [4.78, 5) is 23.0. The Bertz CT molecular complexity index is 434. The van der Waals surface area contributed by atoms with Gasteiger partial charge < -0.3 is 19.9 Å². The lowest BCUT2D eigenvalue weighted by molar-refractivity contribution is -0.149. The number of alkyl carbamates (subject to hydrolysis) is 1. The summed E-state index contributed by atoms with van der Waals surface area (Å²) >= 11 is 0. The number of hydrogen-bond donors (Lipinski definition) is 2. The van der Waals surface area contributed by atoms with E-state index in [0.717, 1.165) is 5.56 Å². The third-order valence-electron chi connectivity index (χ3n) is 2.54. The average Bonchev–Trinajstić information content (AvgIpc) is 2.45. The molecule has 0 saturated carbocycles. The third-order valence-corrected chi connectivity index (χ3v) is 2.54. The molecule has 0 saturated heterocycles. The maximum absolute atomic E-state index is 11.6. The Morgan fingerprint density at radius 3 is 2.47 bits per heavy atom. The molecule has 1 unspecified atom stereocenters. The van der Waals surface area contributed by atoms with E-state index in [2.05, 4.69) is 10.1 Å². The second kappa shape index (κ2) is 6.75. The number of esters is 1.